The van der Waals surface area contributed by atoms with E-state index in [1.165, 1.54) is 19.1 Å². The van der Waals surface area contributed by atoms with E-state index >= 15 is 0 Å². The fourth-order valence-corrected chi connectivity index (χ4v) is 2.18. The number of carbonyl (C=O) groups excluding carboxylic acids is 1. The topological polar surface area (TPSA) is 79.8 Å². The Bertz CT molecular complexity index is 868. The molecule has 7 heteroatoms. The highest BCUT2D eigenvalue weighted by atomic mass is 19.1. The Kier molecular flexibility index (Phi) is 4.94. The number of Topliss-reactive ketones (excluding diaryl/α,β-unsaturated/α-hetero) is 1. The van der Waals surface area contributed by atoms with E-state index in [4.69, 9.17) is 0 Å². The Morgan fingerprint density at radius 2 is 1.84 bits per heavy atom. The maximum absolute atomic E-state index is 13.0. The predicted octanol–water partition coefficient (Wildman–Crippen LogP) is 3.57. The number of nitrogens with one attached hydrogen (secondary N) is 2. The minimum Gasteiger partial charge on any atom is -0.366 e. The fraction of sp³-hybridized carbons (Fsp3) is 0.111. The summed E-state index contributed by atoms with van der Waals surface area (Å²) in [4.78, 5) is 24.3. The van der Waals surface area contributed by atoms with Gasteiger partial charge in [-0.3, -0.25) is 9.78 Å². The summed E-state index contributed by atoms with van der Waals surface area (Å²) in [6.07, 6.45) is 4.69. The van der Waals surface area contributed by atoms with Crippen LogP contribution < -0.4 is 10.6 Å². The molecule has 2 aromatic heterocycles. The number of ketones is 1. The average Bonchev–Trinajstić information content (AvgIpc) is 2.62. The molecule has 3 rings (SSSR count). The van der Waals surface area contributed by atoms with Crippen molar-refractivity contribution < 1.29 is 9.18 Å². The van der Waals surface area contributed by atoms with E-state index in [0.29, 0.717) is 29.6 Å². The lowest BCUT2D eigenvalue weighted by atomic mass is 10.2. The molecule has 0 radical (unpaired) electrons. The summed E-state index contributed by atoms with van der Waals surface area (Å²) in [5, 5.41) is 6.16. The van der Waals surface area contributed by atoms with Gasteiger partial charge in [0.15, 0.2) is 5.78 Å². The number of nitrogens with zero attached hydrogens (tertiary/aromatic N) is 3. The third-order valence-electron chi connectivity index (χ3n) is 3.44. The number of aromatic nitrogens is 3. The van der Waals surface area contributed by atoms with Crippen LogP contribution in [-0.2, 0) is 6.54 Å². The molecule has 0 aliphatic heterocycles. The highest BCUT2D eigenvalue weighted by molar-refractivity contribution is 5.95. The van der Waals surface area contributed by atoms with Crippen LogP contribution in [0.15, 0.2) is 55.0 Å². The van der Waals surface area contributed by atoms with Crippen molar-refractivity contribution in [2.45, 2.75) is 13.5 Å². The number of hydrogen-bond acceptors (Lipinski definition) is 6. The van der Waals surface area contributed by atoms with Gasteiger partial charge >= 0.3 is 0 Å². The normalized spacial score (nSPS) is 10.3. The molecule has 0 aliphatic rings. The van der Waals surface area contributed by atoms with Crippen LogP contribution in [0.1, 0.15) is 22.8 Å². The quantitative estimate of drug-likeness (QED) is 0.670. The molecule has 0 saturated heterocycles. The standard InChI is InChI=1S/C18H16FN5O/c1-12(25)14-8-16(22-10-13-2-4-15(19)5-3-13)23-17(9-14)24-18-11-20-6-7-21-18/h2-9,11H,10H2,1H3,(H2,21,22,23,24). The maximum Gasteiger partial charge on any atom is 0.160 e. The second kappa shape index (κ2) is 7.48. The van der Waals surface area contributed by atoms with Gasteiger partial charge in [0.1, 0.15) is 23.3 Å². The first-order valence-electron chi connectivity index (χ1n) is 7.64. The van der Waals surface area contributed by atoms with Gasteiger partial charge < -0.3 is 10.6 Å². The molecule has 2 heterocycles. The number of pyridine rings is 1. The van der Waals surface area contributed by atoms with Gasteiger partial charge in [0.05, 0.1) is 6.20 Å². The van der Waals surface area contributed by atoms with Crippen LogP contribution in [0, 0.1) is 5.82 Å². The van der Waals surface area contributed by atoms with E-state index < -0.39 is 0 Å². The molecule has 0 amide bonds. The number of anilines is 3. The highest BCUT2D eigenvalue weighted by Gasteiger charge is 2.07. The van der Waals surface area contributed by atoms with Crippen molar-refractivity contribution in [1.82, 2.24) is 15.0 Å². The van der Waals surface area contributed by atoms with Gasteiger partial charge in [-0.05, 0) is 36.8 Å². The average molecular weight is 337 g/mol. The van der Waals surface area contributed by atoms with Gasteiger partial charge in [0.25, 0.3) is 0 Å². The summed E-state index contributed by atoms with van der Waals surface area (Å²) in [5.41, 5.74) is 1.42. The number of carbonyl (C=O) groups is 1. The van der Waals surface area contributed by atoms with Crippen molar-refractivity contribution >= 4 is 23.2 Å². The van der Waals surface area contributed by atoms with E-state index in [0.717, 1.165) is 5.56 Å². The smallest absolute Gasteiger partial charge is 0.160 e. The number of hydrogen-bond donors (Lipinski definition) is 2. The van der Waals surface area contributed by atoms with Crippen LogP contribution in [0.25, 0.3) is 0 Å². The lowest BCUT2D eigenvalue weighted by Crippen LogP contribution is -2.06. The zero-order valence-corrected chi connectivity index (χ0v) is 13.5. The summed E-state index contributed by atoms with van der Waals surface area (Å²) in [5.74, 6) is 1.18. The van der Waals surface area contributed by atoms with Crippen molar-refractivity contribution in [3.05, 3.63) is 71.9 Å². The molecule has 0 saturated carbocycles. The molecule has 0 bridgehead atoms. The van der Waals surface area contributed by atoms with Gasteiger partial charge in [0, 0.05) is 24.5 Å². The second-order valence-electron chi connectivity index (χ2n) is 5.38. The number of benzene rings is 1. The van der Waals surface area contributed by atoms with E-state index in [-0.39, 0.29) is 11.6 Å². The molecular formula is C18H16FN5O. The predicted molar refractivity (Wildman–Crippen MR) is 93.3 cm³/mol. The number of rotatable bonds is 6. The van der Waals surface area contributed by atoms with Crippen molar-refractivity contribution in [2.24, 2.45) is 0 Å². The van der Waals surface area contributed by atoms with E-state index in [1.54, 1.807) is 42.9 Å². The summed E-state index contributed by atoms with van der Waals surface area (Å²) in [6, 6.07) is 9.51. The van der Waals surface area contributed by atoms with Crippen molar-refractivity contribution in [3.8, 4) is 0 Å². The van der Waals surface area contributed by atoms with Crippen LogP contribution in [0.4, 0.5) is 21.8 Å². The third-order valence-corrected chi connectivity index (χ3v) is 3.44. The van der Waals surface area contributed by atoms with E-state index in [9.17, 15) is 9.18 Å². The molecule has 2 N–H and O–H groups in total. The molecular weight excluding hydrogens is 321 g/mol. The zero-order chi connectivity index (χ0) is 17.6. The summed E-state index contributed by atoms with van der Waals surface area (Å²) >= 11 is 0. The molecule has 0 unspecified atom stereocenters. The molecule has 0 fully saturated rings. The van der Waals surface area contributed by atoms with Gasteiger partial charge in [0.2, 0.25) is 0 Å². The van der Waals surface area contributed by atoms with Crippen molar-refractivity contribution in [2.75, 3.05) is 10.6 Å². The summed E-state index contributed by atoms with van der Waals surface area (Å²) in [7, 11) is 0. The molecule has 126 valence electrons. The van der Waals surface area contributed by atoms with E-state index in [2.05, 4.69) is 25.6 Å². The van der Waals surface area contributed by atoms with Crippen LogP contribution in [-0.4, -0.2) is 20.7 Å². The largest absolute Gasteiger partial charge is 0.366 e. The molecule has 0 aliphatic carbocycles. The Labute approximate surface area is 144 Å². The first-order valence-corrected chi connectivity index (χ1v) is 7.64. The maximum atomic E-state index is 13.0. The molecule has 25 heavy (non-hydrogen) atoms. The molecule has 0 spiro atoms. The fourth-order valence-electron chi connectivity index (χ4n) is 2.18. The Balaban J connectivity index is 1.80. The summed E-state index contributed by atoms with van der Waals surface area (Å²) < 4.78 is 13.0. The van der Waals surface area contributed by atoms with Crippen molar-refractivity contribution in [1.29, 1.82) is 0 Å². The molecule has 1 aromatic carbocycles. The lowest BCUT2D eigenvalue weighted by Gasteiger charge is -2.11. The van der Waals surface area contributed by atoms with Crippen LogP contribution >= 0.6 is 0 Å². The molecule has 3 aromatic rings. The highest BCUT2D eigenvalue weighted by Crippen LogP contribution is 2.18. The Morgan fingerprint density at radius 3 is 2.52 bits per heavy atom. The van der Waals surface area contributed by atoms with Crippen LogP contribution in [0.5, 0.6) is 0 Å². The van der Waals surface area contributed by atoms with Crippen LogP contribution in [0.3, 0.4) is 0 Å². The first-order chi connectivity index (χ1) is 12.1. The zero-order valence-electron chi connectivity index (χ0n) is 13.5. The van der Waals surface area contributed by atoms with Gasteiger partial charge in [-0.1, -0.05) is 12.1 Å². The minimum atomic E-state index is -0.282. The Morgan fingerprint density at radius 1 is 1.08 bits per heavy atom. The SMILES string of the molecule is CC(=O)c1cc(NCc2ccc(F)cc2)nc(Nc2cnccn2)c1. The first kappa shape index (κ1) is 16.5. The second-order valence-corrected chi connectivity index (χ2v) is 5.38. The minimum absolute atomic E-state index is 0.0746. The lowest BCUT2D eigenvalue weighted by molar-refractivity contribution is 0.101. The van der Waals surface area contributed by atoms with Crippen molar-refractivity contribution in [3.63, 3.8) is 0 Å². The number of halogens is 1. The molecule has 6 nitrogen and oxygen atoms in total. The third kappa shape index (κ3) is 4.57. The monoisotopic (exact) mass is 337 g/mol. The van der Waals surface area contributed by atoms with Crippen LogP contribution in [0.2, 0.25) is 0 Å². The molecule has 0 atom stereocenters. The Hall–Kier alpha value is -3.35. The summed E-state index contributed by atoms with van der Waals surface area (Å²) in [6.45, 7) is 1.95. The van der Waals surface area contributed by atoms with Gasteiger partial charge in [-0.2, -0.15) is 0 Å². The van der Waals surface area contributed by atoms with Gasteiger partial charge in [-0.15, -0.1) is 0 Å². The van der Waals surface area contributed by atoms with Gasteiger partial charge in [-0.25, -0.2) is 14.4 Å². The van der Waals surface area contributed by atoms with E-state index in [1.807, 2.05) is 0 Å².